The molecule has 1 saturated heterocycles. The van der Waals surface area contributed by atoms with E-state index in [0.29, 0.717) is 12.2 Å². The number of ether oxygens (including phenoxy) is 1. The van der Waals surface area contributed by atoms with E-state index >= 15 is 0 Å². The van der Waals surface area contributed by atoms with Crippen molar-refractivity contribution in [2.75, 3.05) is 0 Å². The molecule has 1 aliphatic rings. The second kappa shape index (κ2) is 13.4. The van der Waals surface area contributed by atoms with Crippen molar-refractivity contribution in [3.63, 3.8) is 0 Å². The topological polar surface area (TPSA) is 12.5 Å². The fraction of sp³-hybridized carbons (Fsp3) is 1.00. The smallest absolute Gasteiger partial charge is 0.0841 e. The van der Waals surface area contributed by atoms with E-state index in [4.69, 9.17) is 4.74 Å². The van der Waals surface area contributed by atoms with Gasteiger partial charge >= 0.3 is 0 Å². The second-order valence-corrected chi connectivity index (χ2v) is 7.86. The Hall–Kier alpha value is -0.0400. The van der Waals surface area contributed by atoms with E-state index in [9.17, 15) is 0 Å². The van der Waals surface area contributed by atoms with Crippen molar-refractivity contribution in [3.05, 3.63) is 0 Å². The van der Waals surface area contributed by atoms with Crippen LogP contribution in [0.25, 0.3) is 0 Å². The predicted octanol–water partition coefficient (Wildman–Crippen LogP) is 7.28. The maximum Gasteiger partial charge on any atom is 0.0841 e. The lowest BCUT2D eigenvalue weighted by atomic mass is 10.0. The van der Waals surface area contributed by atoms with Crippen LogP contribution in [0.15, 0.2) is 0 Å². The highest BCUT2D eigenvalue weighted by molar-refractivity contribution is 4.84. The summed E-state index contributed by atoms with van der Waals surface area (Å²) < 4.78 is 5.81. The fourth-order valence-corrected chi connectivity index (χ4v) is 3.42. The number of hydrogen-bond acceptors (Lipinski definition) is 1. The lowest BCUT2D eigenvalue weighted by molar-refractivity contribution is 0.346. The van der Waals surface area contributed by atoms with E-state index in [2.05, 4.69) is 20.8 Å². The molecule has 0 aromatic rings. The molecule has 1 fully saturated rings. The van der Waals surface area contributed by atoms with Gasteiger partial charge in [-0.2, -0.15) is 0 Å². The van der Waals surface area contributed by atoms with Crippen molar-refractivity contribution in [2.24, 2.45) is 5.92 Å². The third-order valence-corrected chi connectivity index (χ3v) is 5.05. The molecule has 22 heavy (non-hydrogen) atoms. The summed E-state index contributed by atoms with van der Waals surface area (Å²) in [5.74, 6) is 0.863. The molecule has 1 heteroatoms. The van der Waals surface area contributed by atoms with Gasteiger partial charge in [0.1, 0.15) is 0 Å². The Balaban J connectivity index is 1.74. The van der Waals surface area contributed by atoms with E-state index in [-0.39, 0.29) is 0 Å². The molecule has 0 amide bonds. The van der Waals surface area contributed by atoms with Gasteiger partial charge in [0, 0.05) is 0 Å². The predicted molar refractivity (Wildman–Crippen MR) is 98.4 cm³/mol. The molecule has 2 atom stereocenters. The Morgan fingerprint density at radius 2 is 1.09 bits per heavy atom. The van der Waals surface area contributed by atoms with Crippen LogP contribution in [0.5, 0.6) is 0 Å². The molecule has 0 radical (unpaired) electrons. The van der Waals surface area contributed by atoms with Gasteiger partial charge in [0.2, 0.25) is 0 Å². The number of epoxide rings is 1. The molecule has 0 aliphatic carbocycles. The second-order valence-electron chi connectivity index (χ2n) is 7.86. The summed E-state index contributed by atoms with van der Waals surface area (Å²) in [5.41, 5.74) is 0. The third-order valence-electron chi connectivity index (χ3n) is 5.05. The molecule has 0 aromatic carbocycles. The highest BCUT2D eigenvalue weighted by atomic mass is 16.6. The van der Waals surface area contributed by atoms with Crippen molar-refractivity contribution >= 4 is 0 Å². The van der Waals surface area contributed by atoms with Gasteiger partial charge in [-0.15, -0.1) is 0 Å². The molecule has 0 bridgehead atoms. The Morgan fingerprint density at radius 1 is 0.636 bits per heavy atom. The van der Waals surface area contributed by atoms with Gasteiger partial charge in [0.15, 0.2) is 0 Å². The van der Waals surface area contributed by atoms with Crippen molar-refractivity contribution in [3.8, 4) is 0 Å². The van der Waals surface area contributed by atoms with Gasteiger partial charge in [-0.25, -0.2) is 0 Å². The number of unbranched alkanes of at least 4 members (excludes halogenated alkanes) is 10. The van der Waals surface area contributed by atoms with E-state index in [1.165, 1.54) is 96.3 Å². The molecule has 0 spiro atoms. The summed E-state index contributed by atoms with van der Waals surface area (Å²) in [7, 11) is 0. The van der Waals surface area contributed by atoms with E-state index in [0.717, 1.165) is 5.92 Å². The van der Waals surface area contributed by atoms with Crippen molar-refractivity contribution in [1.82, 2.24) is 0 Å². The molecule has 132 valence electrons. The first kappa shape index (κ1) is 20.0. The first-order chi connectivity index (χ1) is 10.7. The maximum absolute atomic E-state index is 5.81. The lowest BCUT2D eigenvalue weighted by Crippen LogP contribution is -1.95. The highest BCUT2D eigenvalue weighted by Crippen LogP contribution is 2.31. The highest BCUT2D eigenvalue weighted by Gasteiger charge is 2.36. The molecular formula is C21H42O. The first-order valence-corrected chi connectivity index (χ1v) is 10.4. The largest absolute Gasteiger partial charge is 0.370 e. The molecule has 0 N–H and O–H groups in total. The lowest BCUT2D eigenvalue weighted by Gasteiger charge is -2.03. The zero-order valence-electron chi connectivity index (χ0n) is 15.7. The monoisotopic (exact) mass is 310 g/mol. The van der Waals surface area contributed by atoms with Crippen LogP contribution < -0.4 is 0 Å². The summed E-state index contributed by atoms with van der Waals surface area (Å²) in [4.78, 5) is 0. The van der Waals surface area contributed by atoms with Crippen molar-refractivity contribution in [2.45, 2.75) is 129 Å². The van der Waals surface area contributed by atoms with Gasteiger partial charge in [-0.3, -0.25) is 0 Å². The summed E-state index contributed by atoms with van der Waals surface area (Å²) in [6, 6.07) is 0. The summed E-state index contributed by atoms with van der Waals surface area (Å²) in [6.45, 7) is 6.93. The Bertz CT molecular complexity index is 236. The Labute approximate surface area is 140 Å². The summed E-state index contributed by atoms with van der Waals surface area (Å²) in [6.07, 6.45) is 22.4. The van der Waals surface area contributed by atoms with E-state index < -0.39 is 0 Å². The minimum Gasteiger partial charge on any atom is -0.370 e. The van der Waals surface area contributed by atoms with Crippen LogP contribution >= 0.6 is 0 Å². The van der Waals surface area contributed by atoms with Crippen LogP contribution in [0, 0.1) is 5.92 Å². The van der Waals surface area contributed by atoms with Gasteiger partial charge in [-0.05, 0) is 18.8 Å². The van der Waals surface area contributed by atoms with Crippen LogP contribution in [0.1, 0.15) is 117 Å². The third kappa shape index (κ3) is 11.5. The number of hydrogen-bond donors (Lipinski definition) is 0. The van der Waals surface area contributed by atoms with Crippen molar-refractivity contribution < 1.29 is 4.74 Å². The summed E-state index contributed by atoms with van der Waals surface area (Å²) in [5, 5.41) is 0. The zero-order valence-corrected chi connectivity index (χ0v) is 15.7. The van der Waals surface area contributed by atoms with Crippen LogP contribution in [-0.4, -0.2) is 12.2 Å². The van der Waals surface area contributed by atoms with E-state index in [1.807, 2.05) is 0 Å². The maximum atomic E-state index is 5.81. The molecule has 1 heterocycles. The van der Waals surface area contributed by atoms with Crippen LogP contribution in [0.4, 0.5) is 0 Å². The van der Waals surface area contributed by atoms with Crippen molar-refractivity contribution in [1.29, 1.82) is 0 Å². The van der Waals surface area contributed by atoms with Gasteiger partial charge in [0.25, 0.3) is 0 Å². The average molecular weight is 311 g/mol. The van der Waals surface area contributed by atoms with Crippen LogP contribution in [0.2, 0.25) is 0 Å². The SMILES string of the molecule is CCCCCCCCCCCC[C@@H]1O[C@@H]1CCCCC(C)C. The average Bonchev–Trinajstić information content (AvgIpc) is 3.24. The van der Waals surface area contributed by atoms with Gasteiger partial charge in [-0.1, -0.05) is 104 Å². The van der Waals surface area contributed by atoms with Gasteiger partial charge < -0.3 is 4.74 Å². The van der Waals surface area contributed by atoms with Crippen LogP contribution in [-0.2, 0) is 4.74 Å². The molecule has 0 unspecified atom stereocenters. The molecule has 1 nitrogen and oxygen atoms in total. The normalized spacial score (nSPS) is 20.7. The standard InChI is InChI=1S/C21H42O/c1-4-5-6-7-8-9-10-11-12-13-17-20-21(22-20)18-15-14-16-19(2)3/h19-21H,4-18H2,1-3H3/t20-,21+/m0/s1. The molecule has 0 aromatic heterocycles. The van der Waals surface area contributed by atoms with Crippen LogP contribution in [0.3, 0.4) is 0 Å². The molecular weight excluding hydrogens is 268 g/mol. The molecule has 1 aliphatic heterocycles. The fourth-order valence-electron chi connectivity index (χ4n) is 3.42. The minimum absolute atomic E-state index is 0.630. The Morgan fingerprint density at radius 3 is 1.59 bits per heavy atom. The molecule has 1 rings (SSSR count). The van der Waals surface area contributed by atoms with E-state index in [1.54, 1.807) is 0 Å². The quantitative estimate of drug-likeness (QED) is 0.215. The summed E-state index contributed by atoms with van der Waals surface area (Å²) >= 11 is 0. The minimum atomic E-state index is 0.630. The Kier molecular flexibility index (Phi) is 12.2. The van der Waals surface area contributed by atoms with Gasteiger partial charge in [0.05, 0.1) is 12.2 Å². The number of rotatable bonds is 16. The molecule has 0 saturated carbocycles. The first-order valence-electron chi connectivity index (χ1n) is 10.4. The zero-order chi connectivity index (χ0) is 16.0.